The Morgan fingerprint density at radius 3 is 2.97 bits per heavy atom. The first kappa shape index (κ1) is 26.4. The van der Waals surface area contributed by atoms with Gasteiger partial charge in [0.2, 0.25) is 5.91 Å². The van der Waals surface area contributed by atoms with Crippen molar-refractivity contribution in [1.29, 1.82) is 5.26 Å². The molecule has 3 unspecified atom stereocenters. The van der Waals surface area contributed by atoms with E-state index in [1.807, 2.05) is 24.1 Å². The van der Waals surface area contributed by atoms with Gasteiger partial charge in [0.05, 0.1) is 11.5 Å². The van der Waals surface area contributed by atoms with E-state index >= 15 is 0 Å². The Balaban J connectivity index is 1.39. The lowest BCUT2D eigenvalue weighted by Crippen LogP contribution is -2.63. The highest BCUT2D eigenvalue weighted by Crippen LogP contribution is 2.37. The van der Waals surface area contributed by atoms with Gasteiger partial charge in [-0.05, 0) is 55.0 Å². The van der Waals surface area contributed by atoms with E-state index in [1.165, 1.54) is 18.0 Å². The second kappa shape index (κ2) is 12.1. The molecule has 3 fully saturated rings. The maximum absolute atomic E-state index is 14.0. The molecular weight excluding hydrogens is 473 g/mol. The normalized spacial score (nSPS) is 26.8. The maximum Gasteiger partial charge on any atom is 0.230 e. The van der Waals surface area contributed by atoms with Crippen LogP contribution in [0.1, 0.15) is 42.5 Å². The van der Waals surface area contributed by atoms with Crippen LogP contribution in [0.2, 0.25) is 0 Å². The smallest absolute Gasteiger partial charge is 0.230 e. The van der Waals surface area contributed by atoms with Crippen molar-refractivity contribution in [3.8, 4) is 6.07 Å². The Morgan fingerprint density at radius 1 is 1.38 bits per heavy atom. The topological polar surface area (TPSA) is 134 Å². The summed E-state index contributed by atoms with van der Waals surface area (Å²) in [6.07, 6.45) is 6.92. The minimum atomic E-state index is -0.480. The Bertz CT molecular complexity index is 1170. The van der Waals surface area contributed by atoms with Crippen molar-refractivity contribution in [3.05, 3.63) is 58.1 Å². The summed E-state index contributed by atoms with van der Waals surface area (Å²) in [5.74, 6) is 4.47. The SMILES string of the molecule is C/C=C1/CCC(C(=O)N2CCN3CC(c4ccc(F)c(C#N)c4C)NCC3C2)/C1=C/NC/N=C/N=NN. The predicted octanol–water partition coefficient (Wildman–Crippen LogP) is 2.30. The third-order valence-corrected chi connectivity index (χ3v) is 7.61. The van der Waals surface area contributed by atoms with Crippen molar-refractivity contribution >= 4 is 12.2 Å². The number of nitrogens with zero attached hydrogens (tertiary/aromatic N) is 6. The number of aliphatic imine (C=N–C) groups is 1. The second-order valence-electron chi connectivity index (χ2n) is 9.54. The molecule has 2 saturated heterocycles. The lowest BCUT2D eigenvalue weighted by Gasteiger charge is -2.47. The fourth-order valence-electron chi connectivity index (χ4n) is 5.64. The quantitative estimate of drug-likeness (QED) is 0.135. The van der Waals surface area contributed by atoms with Crippen molar-refractivity contribution < 1.29 is 9.18 Å². The zero-order chi connectivity index (χ0) is 26.4. The number of amides is 1. The highest BCUT2D eigenvalue weighted by molar-refractivity contribution is 5.84. The van der Waals surface area contributed by atoms with Crippen LogP contribution >= 0.6 is 0 Å². The van der Waals surface area contributed by atoms with Gasteiger partial charge >= 0.3 is 0 Å². The van der Waals surface area contributed by atoms with Gasteiger partial charge in [0.1, 0.15) is 24.9 Å². The second-order valence-corrected chi connectivity index (χ2v) is 9.54. The van der Waals surface area contributed by atoms with Crippen LogP contribution in [0.25, 0.3) is 0 Å². The van der Waals surface area contributed by atoms with Gasteiger partial charge in [-0.15, -0.1) is 5.11 Å². The first-order valence-corrected chi connectivity index (χ1v) is 12.6. The van der Waals surface area contributed by atoms with Crippen LogP contribution in [0, 0.1) is 30.0 Å². The third-order valence-electron chi connectivity index (χ3n) is 7.61. The predicted molar refractivity (Wildman–Crippen MR) is 139 cm³/mol. The number of piperazine rings is 2. The van der Waals surface area contributed by atoms with E-state index in [0.717, 1.165) is 43.6 Å². The van der Waals surface area contributed by atoms with Crippen LogP contribution in [0.15, 0.2) is 50.9 Å². The van der Waals surface area contributed by atoms with Gasteiger partial charge in [-0.2, -0.15) is 5.26 Å². The van der Waals surface area contributed by atoms with Gasteiger partial charge in [-0.3, -0.25) is 14.7 Å². The van der Waals surface area contributed by atoms with Crippen molar-refractivity contribution in [2.24, 2.45) is 27.1 Å². The van der Waals surface area contributed by atoms with E-state index in [0.29, 0.717) is 25.3 Å². The third kappa shape index (κ3) is 5.70. The number of hydrogen-bond donors (Lipinski definition) is 3. The molecule has 4 rings (SSSR count). The van der Waals surface area contributed by atoms with Gasteiger partial charge in [0.25, 0.3) is 0 Å². The first-order chi connectivity index (χ1) is 18.0. The lowest BCUT2D eigenvalue weighted by atomic mass is 9.93. The number of allylic oxidation sites excluding steroid dienone is 2. The van der Waals surface area contributed by atoms with E-state index in [4.69, 9.17) is 5.84 Å². The molecule has 1 aromatic carbocycles. The van der Waals surface area contributed by atoms with Crippen LogP contribution in [-0.4, -0.2) is 67.5 Å². The molecule has 196 valence electrons. The molecule has 0 spiro atoms. The van der Waals surface area contributed by atoms with Crippen LogP contribution in [0.4, 0.5) is 4.39 Å². The molecule has 1 aliphatic carbocycles. The fraction of sp³-hybridized carbons (Fsp3) is 0.500. The molecule has 3 atom stereocenters. The summed E-state index contributed by atoms with van der Waals surface area (Å²) in [6, 6.07) is 5.37. The van der Waals surface area contributed by atoms with Crippen LogP contribution in [-0.2, 0) is 4.79 Å². The molecule has 0 aromatic heterocycles. The molecule has 1 amide bonds. The van der Waals surface area contributed by atoms with Crippen LogP contribution in [0.3, 0.4) is 0 Å². The lowest BCUT2D eigenvalue weighted by molar-refractivity contribution is -0.137. The Kier molecular flexibility index (Phi) is 8.63. The van der Waals surface area contributed by atoms with Crippen LogP contribution in [0.5, 0.6) is 0 Å². The molecule has 2 aliphatic heterocycles. The van der Waals surface area contributed by atoms with E-state index in [-0.39, 0.29) is 29.5 Å². The Labute approximate surface area is 216 Å². The Morgan fingerprint density at radius 2 is 2.22 bits per heavy atom. The van der Waals surface area contributed by atoms with Crippen molar-refractivity contribution in [3.63, 3.8) is 0 Å². The molecule has 11 heteroatoms. The zero-order valence-corrected chi connectivity index (χ0v) is 21.3. The molecule has 37 heavy (non-hydrogen) atoms. The van der Waals surface area contributed by atoms with Crippen molar-refractivity contribution in [2.45, 2.75) is 38.8 Å². The molecule has 1 aromatic rings. The highest BCUT2D eigenvalue weighted by Gasteiger charge is 2.39. The number of halogens is 1. The molecule has 0 radical (unpaired) electrons. The maximum atomic E-state index is 14.0. The monoisotopic (exact) mass is 507 g/mol. The Hall–Kier alpha value is -3.62. The number of nitriles is 1. The van der Waals surface area contributed by atoms with E-state index in [9.17, 15) is 14.4 Å². The molecule has 0 bridgehead atoms. The van der Waals surface area contributed by atoms with Gasteiger partial charge in [0, 0.05) is 51.0 Å². The molecule has 10 nitrogen and oxygen atoms in total. The number of benzene rings is 1. The number of carbonyl (C=O) groups is 1. The minimum Gasteiger partial charge on any atom is -0.372 e. The molecule has 4 N–H and O–H groups in total. The van der Waals surface area contributed by atoms with Gasteiger partial charge in [-0.1, -0.05) is 17.4 Å². The van der Waals surface area contributed by atoms with Crippen LogP contribution < -0.4 is 16.5 Å². The molecule has 1 saturated carbocycles. The standard InChI is InChI=1S/C26H34FN9O/c1-3-18-4-5-21(23(18)12-30-15-31-16-33-34-29)26(37)36-9-8-35-14-25(32-11-19(35)13-36)20-6-7-24(27)22(10-28)17(20)2/h3,6-7,12,16,19,21,25,30,32H,4-5,8-9,11,13-15H2,1-2H3,(H2,29,31,33)/b18-3-,23-12+. The molecular formula is C26H34FN9O. The van der Waals surface area contributed by atoms with E-state index in [1.54, 1.807) is 13.0 Å². The zero-order valence-electron chi connectivity index (χ0n) is 21.3. The van der Waals surface area contributed by atoms with E-state index in [2.05, 4.69) is 36.9 Å². The molecule has 3 aliphatic rings. The summed E-state index contributed by atoms with van der Waals surface area (Å²) < 4.78 is 14.0. The summed E-state index contributed by atoms with van der Waals surface area (Å²) in [5.41, 5.74) is 3.96. The first-order valence-electron chi connectivity index (χ1n) is 12.6. The van der Waals surface area contributed by atoms with Gasteiger partial charge in [0.15, 0.2) is 0 Å². The fourth-order valence-corrected chi connectivity index (χ4v) is 5.64. The number of nitrogens with two attached hydrogens (primary N) is 1. The number of hydrogen-bond acceptors (Lipinski definition) is 7. The van der Waals surface area contributed by atoms with Gasteiger partial charge in [-0.25, -0.2) is 4.39 Å². The minimum absolute atomic E-state index is 0.0212. The largest absolute Gasteiger partial charge is 0.372 e. The summed E-state index contributed by atoms with van der Waals surface area (Å²) in [5, 5.41) is 22.7. The average molecular weight is 508 g/mol. The van der Waals surface area contributed by atoms with Crippen molar-refractivity contribution in [2.75, 3.05) is 39.4 Å². The summed E-state index contributed by atoms with van der Waals surface area (Å²) in [6.45, 7) is 7.73. The number of rotatable bonds is 6. The highest BCUT2D eigenvalue weighted by atomic mass is 19.1. The summed E-state index contributed by atoms with van der Waals surface area (Å²) in [4.78, 5) is 22.1. The summed E-state index contributed by atoms with van der Waals surface area (Å²) in [7, 11) is 0. The average Bonchev–Trinajstić information content (AvgIpc) is 3.32. The number of carbonyl (C=O) groups excluding carboxylic acids is 1. The van der Waals surface area contributed by atoms with E-state index < -0.39 is 5.82 Å². The summed E-state index contributed by atoms with van der Waals surface area (Å²) >= 11 is 0. The van der Waals surface area contributed by atoms with Crippen molar-refractivity contribution in [1.82, 2.24) is 20.4 Å². The molecule has 2 heterocycles. The number of nitrogens with one attached hydrogen (secondary N) is 2. The van der Waals surface area contributed by atoms with Gasteiger partial charge < -0.3 is 21.4 Å². The number of fused-ring (bicyclic) bond motifs is 1.